The quantitative estimate of drug-likeness (QED) is 0.654. The number of nitrogen functional groups attached to an aromatic ring is 1. The second-order valence-corrected chi connectivity index (χ2v) is 3.36. The first-order valence-electron chi connectivity index (χ1n) is 4.60. The fourth-order valence-electron chi connectivity index (χ4n) is 1.56. The highest BCUT2D eigenvalue weighted by Gasteiger charge is 2.09. The van der Waals surface area contributed by atoms with Crippen LogP contribution in [0.2, 0.25) is 0 Å². The van der Waals surface area contributed by atoms with Gasteiger partial charge in [0, 0.05) is 10.9 Å². The molecule has 3 aromatic rings. The number of anilines is 1. The summed E-state index contributed by atoms with van der Waals surface area (Å²) in [5.41, 5.74) is 6.73. The summed E-state index contributed by atoms with van der Waals surface area (Å²) in [6.45, 7) is 0. The first-order valence-corrected chi connectivity index (χ1v) is 4.60. The van der Waals surface area contributed by atoms with Crippen LogP contribution in [0.3, 0.4) is 0 Å². The Morgan fingerprint density at radius 1 is 1.25 bits per heavy atom. The largest absolute Gasteiger partial charge is 0.402 e. The molecular weight excluding hydrogens is 211 g/mol. The van der Waals surface area contributed by atoms with Crippen molar-refractivity contribution in [3.8, 4) is 11.6 Å². The van der Waals surface area contributed by atoms with Crippen molar-refractivity contribution in [1.29, 1.82) is 0 Å². The molecule has 0 aliphatic carbocycles. The molecule has 0 radical (unpaired) electrons. The Bertz CT molecular complexity index is 658. The van der Waals surface area contributed by atoms with E-state index in [9.17, 15) is 4.39 Å². The zero-order valence-electron chi connectivity index (χ0n) is 8.07. The monoisotopic (exact) mass is 218 g/mol. The lowest BCUT2D eigenvalue weighted by atomic mass is 10.2. The number of nitrogens with one attached hydrogen (secondary N) is 1. The highest BCUT2D eigenvalue weighted by atomic mass is 19.1. The van der Waals surface area contributed by atoms with Crippen LogP contribution >= 0.6 is 0 Å². The molecule has 2 aromatic heterocycles. The highest BCUT2D eigenvalue weighted by molar-refractivity contribution is 5.84. The van der Waals surface area contributed by atoms with Crippen molar-refractivity contribution in [2.24, 2.45) is 0 Å². The molecule has 6 heteroatoms. The number of nitrogens with two attached hydrogens (primary N) is 1. The highest BCUT2D eigenvalue weighted by Crippen LogP contribution is 2.23. The predicted octanol–water partition coefficient (Wildman–Crippen LogP) is 1.94. The van der Waals surface area contributed by atoms with Gasteiger partial charge in [-0.25, -0.2) is 4.39 Å². The summed E-state index contributed by atoms with van der Waals surface area (Å²) in [6.07, 6.45) is 0. The van der Waals surface area contributed by atoms with Gasteiger partial charge in [0.25, 0.3) is 5.89 Å². The molecule has 0 unspecified atom stereocenters. The number of aromatic amines is 1. The van der Waals surface area contributed by atoms with E-state index in [0.29, 0.717) is 5.69 Å². The Balaban J connectivity index is 2.18. The molecule has 0 fully saturated rings. The number of rotatable bonds is 1. The summed E-state index contributed by atoms with van der Waals surface area (Å²) < 4.78 is 18.0. The van der Waals surface area contributed by atoms with Gasteiger partial charge in [-0.15, -0.1) is 5.10 Å². The van der Waals surface area contributed by atoms with Gasteiger partial charge in [0.1, 0.15) is 11.5 Å². The van der Waals surface area contributed by atoms with Gasteiger partial charge in [0.2, 0.25) is 0 Å². The van der Waals surface area contributed by atoms with Crippen LogP contribution in [-0.4, -0.2) is 15.2 Å². The number of hydrogen-bond acceptors (Lipinski definition) is 4. The molecule has 0 atom stereocenters. The van der Waals surface area contributed by atoms with E-state index in [0.717, 1.165) is 10.9 Å². The maximum atomic E-state index is 13.0. The van der Waals surface area contributed by atoms with Gasteiger partial charge >= 0.3 is 6.01 Å². The fraction of sp³-hybridized carbons (Fsp3) is 0. The van der Waals surface area contributed by atoms with Crippen molar-refractivity contribution >= 4 is 16.9 Å². The van der Waals surface area contributed by atoms with Gasteiger partial charge in [0.05, 0.1) is 0 Å². The minimum atomic E-state index is -0.289. The number of nitrogens with zero attached hydrogens (tertiary/aromatic N) is 2. The van der Waals surface area contributed by atoms with E-state index in [2.05, 4.69) is 15.2 Å². The van der Waals surface area contributed by atoms with Crippen LogP contribution in [0.4, 0.5) is 10.4 Å². The minimum absolute atomic E-state index is 0.000151. The summed E-state index contributed by atoms with van der Waals surface area (Å²) in [7, 11) is 0. The normalized spacial score (nSPS) is 11.1. The van der Waals surface area contributed by atoms with Gasteiger partial charge in [-0.05, 0) is 24.3 Å². The minimum Gasteiger partial charge on any atom is -0.402 e. The molecular formula is C10H7FN4O. The Kier molecular flexibility index (Phi) is 1.70. The van der Waals surface area contributed by atoms with Crippen molar-refractivity contribution in [2.45, 2.75) is 0 Å². The molecule has 3 rings (SSSR count). The first-order chi connectivity index (χ1) is 7.72. The van der Waals surface area contributed by atoms with Crippen molar-refractivity contribution < 1.29 is 8.81 Å². The Morgan fingerprint density at radius 2 is 2.12 bits per heavy atom. The van der Waals surface area contributed by atoms with Crippen molar-refractivity contribution in [3.05, 3.63) is 30.1 Å². The lowest BCUT2D eigenvalue weighted by Crippen LogP contribution is -1.81. The topological polar surface area (TPSA) is 80.7 Å². The van der Waals surface area contributed by atoms with E-state index in [4.69, 9.17) is 10.2 Å². The number of fused-ring (bicyclic) bond motifs is 1. The molecule has 5 nitrogen and oxygen atoms in total. The van der Waals surface area contributed by atoms with E-state index in [1.54, 1.807) is 12.1 Å². The lowest BCUT2D eigenvalue weighted by Gasteiger charge is -1.87. The van der Waals surface area contributed by atoms with Gasteiger partial charge in [-0.2, -0.15) is 0 Å². The summed E-state index contributed by atoms with van der Waals surface area (Å²) in [5.74, 6) is -0.00259. The maximum absolute atomic E-state index is 13.0. The van der Waals surface area contributed by atoms with Crippen LogP contribution < -0.4 is 5.73 Å². The summed E-state index contributed by atoms with van der Waals surface area (Å²) in [6, 6.07) is 6.18. The fourth-order valence-corrected chi connectivity index (χ4v) is 1.56. The summed E-state index contributed by atoms with van der Waals surface area (Å²) in [5, 5.41) is 8.03. The molecule has 1 aromatic carbocycles. The predicted molar refractivity (Wildman–Crippen MR) is 56.0 cm³/mol. The third-order valence-corrected chi connectivity index (χ3v) is 2.25. The van der Waals surface area contributed by atoms with Crippen LogP contribution in [0.1, 0.15) is 0 Å². The molecule has 0 aliphatic rings. The third-order valence-electron chi connectivity index (χ3n) is 2.25. The summed E-state index contributed by atoms with van der Waals surface area (Å²) in [4.78, 5) is 3.03. The lowest BCUT2D eigenvalue weighted by molar-refractivity contribution is 0.588. The number of hydrogen-bond donors (Lipinski definition) is 2. The van der Waals surface area contributed by atoms with Crippen LogP contribution in [0, 0.1) is 5.82 Å². The average molecular weight is 218 g/mol. The molecule has 0 spiro atoms. The smallest absolute Gasteiger partial charge is 0.313 e. The van der Waals surface area contributed by atoms with Gasteiger partial charge in [-0.3, -0.25) is 0 Å². The van der Waals surface area contributed by atoms with Crippen LogP contribution in [0.25, 0.3) is 22.5 Å². The second-order valence-electron chi connectivity index (χ2n) is 3.36. The number of benzene rings is 1. The van der Waals surface area contributed by atoms with Crippen molar-refractivity contribution in [1.82, 2.24) is 15.2 Å². The molecule has 0 saturated carbocycles. The third kappa shape index (κ3) is 1.31. The van der Waals surface area contributed by atoms with Crippen molar-refractivity contribution in [3.63, 3.8) is 0 Å². The molecule has 0 aliphatic heterocycles. The SMILES string of the molecule is Nc1nnc(-c2cc3cc(F)ccc3[nH]2)o1. The Labute approximate surface area is 89.1 Å². The number of H-pyrrole nitrogens is 1. The van der Waals surface area contributed by atoms with Crippen LogP contribution in [0.15, 0.2) is 28.7 Å². The molecule has 0 amide bonds. The molecule has 3 N–H and O–H groups in total. The van der Waals surface area contributed by atoms with Gasteiger partial charge in [-0.1, -0.05) is 5.10 Å². The summed E-state index contributed by atoms with van der Waals surface area (Å²) >= 11 is 0. The molecule has 2 heterocycles. The Hall–Kier alpha value is -2.37. The van der Waals surface area contributed by atoms with Crippen LogP contribution in [0.5, 0.6) is 0 Å². The van der Waals surface area contributed by atoms with Gasteiger partial charge < -0.3 is 15.1 Å². The molecule has 16 heavy (non-hydrogen) atoms. The van der Waals surface area contributed by atoms with Gasteiger partial charge in [0.15, 0.2) is 0 Å². The van der Waals surface area contributed by atoms with Crippen molar-refractivity contribution in [2.75, 3.05) is 5.73 Å². The van der Waals surface area contributed by atoms with E-state index in [1.165, 1.54) is 12.1 Å². The zero-order chi connectivity index (χ0) is 11.1. The molecule has 0 bridgehead atoms. The number of halogens is 1. The van der Waals surface area contributed by atoms with E-state index in [1.807, 2.05) is 0 Å². The van der Waals surface area contributed by atoms with E-state index >= 15 is 0 Å². The second kappa shape index (κ2) is 3.06. The van der Waals surface area contributed by atoms with Crippen LogP contribution in [-0.2, 0) is 0 Å². The molecule has 0 saturated heterocycles. The van der Waals surface area contributed by atoms with E-state index in [-0.39, 0.29) is 17.7 Å². The van der Waals surface area contributed by atoms with E-state index < -0.39 is 0 Å². The molecule has 80 valence electrons. The average Bonchev–Trinajstić information content (AvgIpc) is 2.83. The zero-order valence-corrected chi connectivity index (χ0v) is 8.07. The standard InChI is InChI=1S/C10H7FN4O/c11-6-1-2-7-5(3-6)4-8(13-7)9-14-15-10(12)16-9/h1-4,13H,(H2,12,15). The first kappa shape index (κ1) is 8.90. The Morgan fingerprint density at radius 3 is 2.88 bits per heavy atom. The number of aromatic nitrogens is 3. The maximum Gasteiger partial charge on any atom is 0.313 e.